The van der Waals surface area contributed by atoms with Gasteiger partial charge < -0.3 is 19.5 Å². The predicted molar refractivity (Wildman–Crippen MR) is 109 cm³/mol. The minimum Gasteiger partial charge on any atom is -0.493 e. The molecule has 2 aromatic rings. The molecule has 0 atom stereocenters. The van der Waals surface area contributed by atoms with Crippen LogP contribution in [0.4, 0.5) is 5.69 Å². The van der Waals surface area contributed by atoms with Crippen molar-refractivity contribution in [3.63, 3.8) is 0 Å². The smallest absolute Gasteiger partial charge is 0.248 e. The van der Waals surface area contributed by atoms with Gasteiger partial charge in [0.15, 0.2) is 11.5 Å². The van der Waals surface area contributed by atoms with Crippen molar-refractivity contribution in [2.75, 3.05) is 12.4 Å². The van der Waals surface area contributed by atoms with Crippen molar-refractivity contribution in [3.8, 4) is 17.2 Å². The van der Waals surface area contributed by atoms with Crippen molar-refractivity contribution in [2.24, 2.45) is 0 Å². The van der Waals surface area contributed by atoms with Crippen LogP contribution in [-0.2, 0) is 4.79 Å². The zero-order chi connectivity index (χ0) is 19.8. The van der Waals surface area contributed by atoms with E-state index in [2.05, 4.69) is 5.32 Å². The molecule has 0 saturated heterocycles. The van der Waals surface area contributed by atoms with Crippen LogP contribution in [0.15, 0.2) is 48.5 Å². The van der Waals surface area contributed by atoms with Gasteiger partial charge >= 0.3 is 0 Å². The van der Waals surface area contributed by atoms with E-state index in [1.54, 1.807) is 13.2 Å². The first-order valence-electron chi connectivity index (χ1n) is 8.98. The third kappa shape index (κ3) is 6.70. The number of methoxy groups -OCH3 is 1. The molecular formula is C22H27NO4. The van der Waals surface area contributed by atoms with Crippen molar-refractivity contribution in [1.29, 1.82) is 0 Å². The molecule has 0 radical (unpaired) electrons. The molecule has 0 aliphatic carbocycles. The van der Waals surface area contributed by atoms with Gasteiger partial charge in [-0.05, 0) is 75.7 Å². The summed E-state index contributed by atoms with van der Waals surface area (Å²) >= 11 is 0. The summed E-state index contributed by atoms with van der Waals surface area (Å²) in [5, 5.41) is 2.82. The monoisotopic (exact) mass is 369 g/mol. The highest BCUT2D eigenvalue weighted by atomic mass is 16.5. The summed E-state index contributed by atoms with van der Waals surface area (Å²) in [5.74, 6) is 1.87. The SMILES string of the molecule is COc1cc(C=CC(=O)Nc2ccc(OC(C)C)cc2)ccc1OC(C)C. The third-order valence-corrected chi connectivity index (χ3v) is 3.47. The predicted octanol–water partition coefficient (Wildman–Crippen LogP) is 4.92. The highest BCUT2D eigenvalue weighted by molar-refractivity contribution is 6.01. The fraction of sp³-hybridized carbons (Fsp3) is 0.318. The van der Waals surface area contributed by atoms with Crippen molar-refractivity contribution in [1.82, 2.24) is 0 Å². The molecule has 0 fully saturated rings. The van der Waals surface area contributed by atoms with Gasteiger partial charge in [-0.1, -0.05) is 6.07 Å². The van der Waals surface area contributed by atoms with Crippen molar-refractivity contribution < 1.29 is 19.0 Å². The molecule has 0 aromatic heterocycles. The summed E-state index contributed by atoms with van der Waals surface area (Å²) in [6.45, 7) is 7.85. The summed E-state index contributed by atoms with van der Waals surface area (Å²) in [6, 6.07) is 12.8. The summed E-state index contributed by atoms with van der Waals surface area (Å²) in [6.07, 6.45) is 3.38. The molecule has 0 saturated carbocycles. The minimum atomic E-state index is -0.214. The van der Waals surface area contributed by atoms with Crippen LogP contribution in [0.3, 0.4) is 0 Å². The van der Waals surface area contributed by atoms with Gasteiger partial charge in [0.1, 0.15) is 5.75 Å². The molecule has 27 heavy (non-hydrogen) atoms. The van der Waals surface area contributed by atoms with Crippen LogP contribution in [0, 0.1) is 0 Å². The topological polar surface area (TPSA) is 56.8 Å². The summed E-state index contributed by atoms with van der Waals surface area (Å²) in [5.41, 5.74) is 1.55. The first-order chi connectivity index (χ1) is 12.9. The number of carbonyl (C=O) groups is 1. The summed E-state index contributed by atoms with van der Waals surface area (Å²) < 4.78 is 16.6. The molecule has 0 spiro atoms. The van der Waals surface area contributed by atoms with Crippen molar-refractivity contribution >= 4 is 17.7 Å². The highest BCUT2D eigenvalue weighted by Gasteiger charge is 2.07. The molecule has 1 N–H and O–H groups in total. The Hall–Kier alpha value is -2.95. The first kappa shape index (κ1) is 20.4. The van der Waals surface area contributed by atoms with Crippen LogP contribution in [0.1, 0.15) is 33.3 Å². The first-order valence-corrected chi connectivity index (χ1v) is 8.98. The molecule has 0 unspecified atom stereocenters. The lowest BCUT2D eigenvalue weighted by atomic mass is 10.2. The Morgan fingerprint density at radius 2 is 1.59 bits per heavy atom. The molecule has 2 aromatic carbocycles. The van der Waals surface area contributed by atoms with Crippen molar-refractivity contribution in [2.45, 2.75) is 39.9 Å². The molecule has 0 aliphatic rings. The van der Waals surface area contributed by atoms with Gasteiger partial charge in [0.05, 0.1) is 19.3 Å². The quantitative estimate of drug-likeness (QED) is 0.671. The lowest BCUT2D eigenvalue weighted by Crippen LogP contribution is -2.08. The zero-order valence-corrected chi connectivity index (χ0v) is 16.5. The van der Waals surface area contributed by atoms with Gasteiger partial charge in [-0.15, -0.1) is 0 Å². The van der Waals surface area contributed by atoms with Gasteiger partial charge in [0.25, 0.3) is 0 Å². The number of nitrogens with one attached hydrogen (secondary N) is 1. The second-order valence-electron chi connectivity index (χ2n) is 6.59. The number of rotatable bonds is 8. The van der Waals surface area contributed by atoms with Crippen LogP contribution in [0.5, 0.6) is 17.2 Å². The lowest BCUT2D eigenvalue weighted by molar-refractivity contribution is -0.111. The second-order valence-corrected chi connectivity index (χ2v) is 6.59. The standard InChI is InChI=1S/C22H27NO4/c1-15(2)26-19-10-8-18(9-11-19)23-22(24)13-7-17-6-12-20(27-16(3)4)21(14-17)25-5/h6-16H,1-5H3,(H,23,24). The Labute approximate surface area is 161 Å². The van der Waals surface area contributed by atoms with E-state index < -0.39 is 0 Å². The molecule has 0 heterocycles. The lowest BCUT2D eigenvalue weighted by Gasteiger charge is -2.13. The summed E-state index contributed by atoms with van der Waals surface area (Å²) in [7, 11) is 1.59. The fourth-order valence-electron chi connectivity index (χ4n) is 2.38. The van der Waals surface area contributed by atoms with E-state index in [1.165, 1.54) is 6.08 Å². The van der Waals surface area contributed by atoms with Gasteiger partial charge in [0, 0.05) is 11.8 Å². The number of ether oxygens (including phenoxy) is 3. The summed E-state index contributed by atoms with van der Waals surface area (Å²) in [4.78, 5) is 12.1. The van der Waals surface area contributed by atoms with E-state index in [0.29, 0.717) is 17.2 Å². The Bertz CT molecular complexity index is 779. The average molecular weight is 369 g/mol. The van der Waals surface area contributed by atoms with Gasteiger partial charge in [-0.2, -0.15) is 0 Å². The maximum absolute atomic E-state index is 12.1. The molecular weight excluding hydrogens is 342 g/mol. The molecule has 2 rings (SSSR count). The zero-order valence-electron chi connectivity index (χ0n) is 16.5. The minimum absolute atomic E-state index is 0.0587. The Morgan fingerprint density at radius 1 is 0.926 bits per heavy atom. The normalized spacial score (nSPS) is 11.1. The molecule has 0 bridgehead atoms. The van der Waals surface area contributed by atoms with E-state index in [4.69, 9.17) is 14.2 Å². The van der Waals surface area contributed by atoms with Crippen LogP contribution in [-0.4, -0.2) is 25.2 Å². The van der Waals surface area contributed by atoms with E-state index in [0.717, 1.165) is 11.3 Å². The van der Waals surface area contributed by atoms with Gasteiger partial charge in [-0.25, -0.2) is 0 Å². The Morgan fingerprint density at radius 3 is 2.19 bits per heavy atom. The molecule has 0 aliphatic heterocycles. The number of carbonyl (C=O) groups excluding carboxylic acids is 1. The largest absolute Gasteiger partial charge is 0.493 e. The Kier molecular flexibility index (Phi) is 7.29. The Balaban J connectivity index is 1.99. The number of hydrogen-bond acceptors (Lipinski definition) is 4. The molecule has 1 amide bonds. The van der Waals surface area contributed by atoms with E-state index in [9.17, 15) is 4.79 Å². The van der Waals surface area contributed by atoms with Crippen LogP contribution < -0.4 is 19.5 Å². The maximum atomic E-state index is 12.1. The molecule has 5 nitrogen and oxygen atoms in total. The fourth-order valence-corrected chi connectivity index (χ4v) is 2.38. The van der Waals surface area contributed by atoms with Crippen LogP contribution in [0.25, 0.3) is 6.08 Å². The van der Waals surface area contributed by atoms with Gasteiger partial charge in [0.2, 0.25) is 5.91 Å². The van der Waals surface area contributed by atoms with Crippen molar-refractivity contribution in [3.05, 3.63) is 54.1 Å². The third-order valence-electron chi connectivity index (χ3n) is 3.47. The number of anilines is 1. The molecule has 5 heteroatoms. The van der Waals surface area contributed by atoms with E-state index in [1.807, 2.05) is 70.2 Å². The number of hydrogen-bond donors (Lipinski definition) is 1. The number of amides is 1. The number of benzene rings is 2. The van der Waals surface area contributed by atoms with Gasteiger partial charge in [-0.3, -0.25) is 4.79 Å². The average Bonchev–Trinajstić information content (AvgIpc) is 2.61. The van der Waals surface area contributed by atoms with E-state index >= 15 is 0 Å². The second kappa shape index (κ2) is 9.67. The maximum Gasteiger partial charge on any atom is 0.248 e. The van der Waals surface area contributed by atoms with Crippen LogP contribution >= 0.6 is 0 Å². The highest BCUT2D eigenvalue weighted by Crippen LogP contribution is 2.29. The molecule has 144 valence electrons. The van der Waals surface area contributed by atoms with Crippen LogP contribution in [0.2, 0.25) is 0 Å². The van der Waals surface area contributed by atoms with E-state index in [-0.39, 0.29) is 18.1 Å².